The number of nitrogens with zero attached hydrogens (tertiary/aromatic N) is 1. The summed E-state index contributed by atoms with van der Waals surface area (Å²) >= 11 is 0. The lowest BCUT2D eigenvalue weighted by atomic mass is 10.1. The summed E-state index contributed by atoms with van der Waals surface area (Å²) in [6, 6.07) is 13.4. The Morgan fingerprint density at radius 1 is 1.07 bits per heavy atom. The lowest BCUT2D eigenvalue weighted by Gasteiger charge is -2.14. The normalized spacial score (nSPS) is 11.6. The Labute approximate surface area is 159 Å². The van der Waals surface area contributed by atoms with Gasteiger partial charge in [0.25, 0.3) is 15.9 Å². The molecule has 2 aromatic carbocycles. The molecule has 0 fully saturated rings. The van der Waals surface area contributed by atoms with Gasteiger partial charge in [0.05, 0.1) is 18.6 Å². The molecule has 0 saturated carbocycles. The van der Waals surface area contributed by atoms with Crippen molar-refractivity contribution in [2.45, 2.75) is 25.0 Å². The molecule has 2 aromatic rings. The van der Waals surface area contributed by atoms with Gasteiger partial charge in [0.2, 0.25) is 0 Å². The summed E-state index contributed by atoms with van der Waals surface area (Å²) in [6.07, 6.45) is 0. The van der Waals surface area contributed by atoms with Crippen molar-refractivity contribution in [3.8, 4) is 0 Å². The summed E-state index contributed by atoms with van der Waals surface area (Å²) in [4.78, 5) is 17.1. The van der Waals surface area contributed by atoms with Gasteiger partial charge in [0.1, 0.15) is 0 Å². The maximum Gasteiger partial charge on any atom is 0.264 e. The van der Waals surface area contributed by atoms with Gasteiger partial charge in [-0.15, -0.1) is 0 Å². The predicted octanol–water partition coefficient (Wildman–Crippen LogP) is 2.33. The highest BCUT2D eigenvalue weighted by molar-refractivity contribution is 7.89. The van der Waals surface area contributed by atoms with Gasteiger partial charge in [0, 0.05) is 25.8 Å². The Bertz CT molecular complexity index is 866. The van der Waals surface area contributed by atoms with Crippen LogP contribution in [0.25, 0.3) is 0 Å². The summed E-state index contributed by atoms with van der Waals surface area (Å²) < 4.78 is 30.5. The van der Waals surface area contributed by atoms with Crippen LogP contribution in [-0.2, 0) is 32.7 Å². The number of carbonyl (C=O) groups is 1. The van der Waals surface area contributed by atoms with Crippen molar-refractivity contribution in [3.05, 3.63) is 65.2 Å². The van der Waals surface area contributed by atoms with Crippen molar-refractivity contribution in [3.63, 3.8) is 0 Å². The second kappa shape index (κ2) is 9.61. The van der Waals surface area contributed by atoms with Gasteiger partial charge in [-0.05, 0) is 42.3 Å². The second-order valence-electron chi connectivity index (χ2n) is 5.71. The van der Waals surface area contributed by atoms with E-state index in [0.29, 0.717) is 25.3 Å². The van der Waals surface area contributed by atoms with Crippen LogP contribution < -0.4 is 5.32 Å². The van der Waals surface area contributed by atoms with Crippen LogP contribution in [-0.4, -0.2) is 39.6 Å². The van der Waals surface area contributed by atoms with Crippen LogP contribution in [0.4, 0.5) is 0 Å². The molecule has 0 aliphatic rings. The van der Waals surface area contributed by atoms with Crippen LogP contribution in [0.2, 0.25) is 0 Å². The average Bonchev–Trinajstić information content (AvgIpc) is 2.70. The van der Waals surface area contributed by atoms with E-state index in [2.05, 4.69) is 5.32 Å². The quantitative estimate of drug-likeness (QED) is 0.662. The van der Waals surface area contributed by atoms with Crippen molar-refractivity contribution in [2.24, 2.45) is 0 Å². The molecule has 0 atom stereocenters. The Balaban J connectivity index is 2.05. The van der Waals surface area contributed by atoms with E-state index < -0.39 is 10.0 Å². The highest BCUT2D eigenvalue weighted by atomic mass is 32.2. The zero-order chi connectivity index (χ0) is 19.9. The van der Waals surface area contributed by atoms with Gasteiger partial charge in [-0.25, -0.2) is 8.42 Å². The number of hydrogen-bond donors (Lipinski definition) is 1. The maximum absolute atomic E-state index is 12.4. The fraction of sp³-hybridized carbons (Fsp3) is 0.316. The second-order valence-corrected chi connectivity index (χ2v) is 7.65. The van der Waals surface area contributed by atoms with Crippen LogP contribution in [0, 0.1) is 0 Å². The minimum absolute atomic E-state index is 0.0467. The number of ether oxygens (including phenoxy) is 1. The standard InChI is InChI=1S/C19H24N2O5S/c1-4-26-14-17-8-6-5-7-16(17)13-20-19(22)15-9-11-18(12-10-15)27(23,24)21(2)25-3/h5-12H,4,13-14H2,1-3H3,(H,20,22). The van der Waals surface area contributed by atoms with E-state index >= 15 is 0 Å². The smallest absolute Gasteiger partial charge is 0.264 e. The first-order valence-corrected chi connectivity index (χ1v) is 9.90. The lowest BCUT2D eigenvalue weighted by molar-refractivity contribution is -0.0258. The molecule has 7 nitrogen and oxygen atoms in total. The summed E-state index contributed by atoms with van der Waals surface area (Å²) in [6.45, 7) is 3.39. The number of nitrogens with one attached hydrogen (secondary N) is 1. The zero-order valence-electron chi connectivity index (χ0n) is 15.6. The van der Waals surface area contributed by atoms with Gasteiger partial charge < -0.3 is 10.1 Å². The van der Waals surface area contributed by atoms with Gasteiger partial charge in [-0.2, -0.15) is 0 Å². The molecule has 0 aromatic heterocycles. The fourth-order valence-electron chi connectivity index (χ4n) is 2.39. The van der Waals surface area contributed by atoms with E-state index in [1.807, 2.05) is 31.2 Å². The number of carbonyl (C=O) groups excluding carboxylic acids is 1. The van der Waals surface area contributed by atoms with Crippen LogP contribution in [0.5, 0.6) is 0 Å². The molecule has 1 N–H and O–H groups in total. The molecule has 146 valence electrons. The van der Waals surface area contributed by atoms with Crippen molar-refractivity contribution in [1.82, 2.24) is 9.79 Å². The van der Waals surface area contributed by atoms with Gasteiger partial charge in [-0.1, -0.05) is 28.7 Å². The first-order chi connectivity index (χ1) is 12.9. The first-order valence-electron chi connectivity index (χ1n) is 8.46. The van der Waals surface area contributed by atoms with Crippen molar-refractivity contribution < 1.29 is 22.8 Å². The van der Waals surface area contributed by atoms with Gasteiger partial charge >= 0.3 is 0 Å². The van der Waals surface area contributed by atoms with Crippen molar-refractivity contribution in [1.29, 1.82) is 0 Å². The number of sulfonamides is 1. The molecule has 0 saturated heterocycles. The summed E-state index contributed by atoms with van der Waals surface area (Å²) in [5, 5.41) is 2.85. The van der Waals surface area contributed by atoms with E-state index in [9.17, 15) is 13.2 Å². The third-order valence-corrected chi connectivity index (χ3v) is 5.72. The molecule has 27 heavy (non-hydrogen) atoms. The van der Waals surface area contributed by atoms with Crippen LogP contribution in [0.3, 0.4) is 0 Å². The zero-order valence-corrected chi connectivity index (χ0v) is 16.5. The monoisotopic (exact) mass is 392 g/mol. The van der Waals surface area contributed by atoms with E-state index in [-0.39, 0.29) is 10.8 Å². The van der Waals surface area contributed by atoms with Crippen LogP contribution in [0.1, 0.15) is 28.4 Å². The molecule has 0 bridgehead atoms. The first kappa shape index (κ1) is 21.0. The Morgan fingerprint density at radius 3 is 2.30 bits per heavy atom. The molecule has 0 heterocycles. The largest absolute Gasteiger partial charge is 0.377 e. The van der Waals surface area contributed by atoms with Crippen LogP contribution in [0.15, 0.2) is 53.4 Å². The van der Waals surface area contributed by atoms with Gasteiger partial charge in [0.15, 0.2) is 0 Å². The van der Waals surface area contributed by atoms with E-state index in [0.717, 1.165) is 15.6 Å². The molecular formula is C19H24N2O5S. The average molecular weight is 392 g/mol. The van der Waals surface area contributed by atoms with Crippen molar-refractivity contribution in [2.75, 3.05) is 20.8 Å². The van der Waals surface area contributed by atoms with Crippen molar-refractivity contribution >= 4 is 15.9 Å². The third kappa shape index (κ3) is 5.36. The Morgan fingerprint density at radius 2 is 1.70 bits per heavy atom. The molecule has 2 rings (SSSR count). The summed E-state index contributed by atoms with van der Waals surface area (Å²) in [7, 11) is -1.17. The molecule has 8 heteroatoms. The number of benzene rings is 2. The maximum atomic E-state index is 12.4. The minimum Gasteiger partial charge on any atom is -0.377 e. The molecule has 0 aliphatic heterocycles. The number of hydroxylamine groups is 1. The number of rotatable bonds is 9. The minimum atomic E-state index is -3.74. The topological polar surface area (TPSA) is 84.9 Å². The summed E-state index contributed by atoms with van der Waals surface area (Å²) in [5.41, 5.74) is 2.36. The highest BCUT2D eigenvalue weighted by Gasteiger charge is 2.21. The molecule has 0 spiro atoms. The fourth-order valence-corrected chi connectivity index (χ4v) is 3.36. The molecular weight excluding hydrogens is 368 g/mol. The number of amides is 1. The third-order valence-electron chi connectivity index (χ3n) is 4.03. The Hall–Kier alpha value is -2.26. The molecule has 0 radical (unpaired) electrons. The summed E-state index contributed by atoms with van der Waals surface area (Å²) in [5.74, 6) is -0.287. The SMILES string of the molecule is CCOCc1ccccc1CNC(=O)c1ccc(S(=O)(=O)N(C)OC)cc1. The van der Waals surface area contributed by atoms with E-state index in [1.165, 1.54) is 38.4 Å². The van der Waals surface area contributed by atoms with E-state index in [1.54, 1.807) is 0 Å². The number of hydrogen-bond acceptors (Lipinski definition) is 5. The molecule has 0 aliphatic carbocycles. The lowest BCUT2D eigenvalue weighted by Crippen LogP contribution is -2.26. The van der Waals surface area contributed by atoms with Crippen LogP contribution >= 0.6 is 0 Å². The molecule has 1 amide bonds. The Kier molecular flexibility index (Phi) is 7.49. The predicted molar refractivity (Wildman–Crippen MR) is 101 cm³/mol. The molecule has 0 unspecified atom stereocenters. The van der Waals surface area contributed by atoms with Gasteiger partial charge in [-0.3, -0.25) is 9.63 Å². The highest BCUT2D eigenvalue weighted by Crippen LogP contribution is 2.15. The van der Waals surface area contributed by atoms with E-state index in [4.69, 9.17) is 9.57 Å².